The zero-order valence-corrected chi connectivity index (χ0v) is 9.88. The van der Waals surface area contributed by atoms with E-state index in [0.717, 1.165) is 0 Å². The van der Waals surface area contributed by atoms with E-state index in [1.165, 1.54) is 14.2 Å². The third kappa shape index (κ3) is 3.25. The highest BCUT2D eigenvalue weighted by molar-refractivity contribution is 9.10. The summed E-state index contributed by atoms with van der Waals surface area (Å²) in [6.45, 7) is 2.01. The number of halogens is 1. The highest BCUT2D eigenvalue weighted by Crippen LogP contribution is 2.25. The van der Waals surface area contributed by atoms with Gasteiger partial charge in [-0.3, -0.25) is 4.79 Å². The van der Waals surface area contributed by atoms with Crippen LogP contribution in [0, 0.1) is 0 Å². The largest absolute Gasteiger partial charge is 0.468 e. The van der Waals surface area contributed by atoms with Crippen molar-refractivity contribution < 1.29 is 19.0 Å². The second-order valence-corrected chi connectivity index (χ2v) is 4.39. The molecule has 0 rings (SSSR count). The second kappa shape index (κ2) is 5.57. The molecule has 0 saturated heterocycles. The third-order valence-electron chi connectivity index (χ3n) is 1.79. The van der Waals surface area contributed by atoms with Gasteiger partial charge >= 0.3 is 5.97 Å². The molecular formula is C8H15BrO4. The van der Waals surface area contributed by atoms with E-state index >= 15 is 0 Å². The van der Waals surface area contributed by atoms with Crippen LogP contribution in [0.4, 0.5) is 0 Å². The van der Waals surface area contributed by atoms with Gasteiger partial charge in [-0.05, 0) is 6.92 Å². The molecule has 0 aromatic rings. The van der Waals surface area contributed by atoms with Gasteiger partial charge in [-0.2, -0.15) is 0 Å². The summed E-state index contributed by atoms with van der Waals surface area (Å²) >= 11 is 3.26. The van der Waals surface area contributed by atoms with Gasteiger partial charge in [-0.1, -0.05) is 15.9 Å². The number of rotatable bonds is 5. The van der Waals surface area contributed by atoms with Crippen molar-refractivity contribution in [1.82, 2.24) is 0 Å². The maximum atomic E-state index is 11.3. The molecule has 0 fully saturated rings. The summed E-state index contributed by atoms with van der Waals surface area (Å²) in [7, 11) is 4.40. The van der Waals surface area contributed by atoms with Crippen LogP contribution in [0.5, 0.6) is 0 Å². The number of hydrogen-bond donors (Lipinski definition) is 0. The summed E-state index contributed by atoms with van der Waals surface area (Å²) in [6.07, 6.45) is -0.370. The van der Waals surface area contributed by atoms with E-state index < -0.39 is 4.32 Å². The van der Waals surface area contributed by atoms with Crippen LogP contribution in [0.1, 0.15) is 6.92 Å². The van der Waals surface area contributed by atoms with Gasteiger partial charge in [-0.25, -0.2) is 0 Å². The van der Waals surface area contributed by atoms with E-state index in [1.807, 2.05) is 0 Å². The van der Waals surface area contributed by atoms with Crippen molar-refractivity contribution in [2.45, 2.75) is 17.4 Å². The number of ether oxygens (including phenoxy) is 3. The first-order chi connectivity index (χ1) is 6.00. The third-order valence-corrected chi connectivity index (χ3v) is 2.63. The minimum atomic E-state index is -0.869. The van der Waals surface area contributed by atoms with Gasteiger partial charge < -0.3 is 14.2 Å². The summed E-state index contributed by atoms with van der Waals surface area (Å²) in [4.78, 5) is 11.3. The first-order valence-electron chi connectivity index (χ1n) is 3.79. The van der Waals surface area contributed by atoms with Crippen LogP contribution in [-0.2, 0) is 19.0 Å². The number of carbonyl (C=O) groups is 1. The Labute approximate surface area is 86.7 Å². The standard InChI is InChI=1S/C8H15BrO4/c1-8(9,7(10)13-4)6(12-3)5-11-2/h6H,5H2,1-4H3. The number of esters is 1. The minimum Gasteiger partial charge on any atom is -0.468 e. The Balaban J connectivity index is 4.45. The summed E-state index contributed by atoms with van der Waals surface area (Å²) in [6, 6.07) is 0. The van der Waals surface area contributed by atoms with Crippen molar-refractivity contribution in [2.75, 3.05) is 27.9 Å². The van der Waals surface area contributed by atoms with E-state index in [-0.39, 0.29) is 12.1 Å². The maximum Gasteiger partial charge on any atom is 0.325 e. The summed E-state index contributed by atoms with van der Waals surface area (Å²) < 4.78 is 13.8. The molecule has 4 nitrogen and oxygen atoms in total. The number of methoxy groups -OCH3 is 3. The first kappa shape index (κ1) is 12.9. The molecule has 0 radical (unpaired) electrons. The lowest BCUT2D eigenvalue weighted by atomic mass is 10.1. The van der Waals surface area contributed by atoms with E-state index in [9.17, 15) is 4.79 Å². The first-order valence-corrected chi connectivity index (χ1v) is 4.59. The van der Waals surface area contributed by atoms with Crippen LogP contribution < -0.4 is 0 Å². The molecule has 0 saturated carbocycles. The summed E-state index contributed by atoms with van der Waals surface area (Å²) in [5, 5.41) is 0. The van der Waals surface area contributed by atoms with E-state index in [4.69, 9.17) is 9.47 Å². The topological polar surface area (TPSA) is 44.8 Å². The number of hydrogen-bond acceptors (Lipinski definition) is 4. The molecule has 0 aromatic heterocycles. The van der Waals surface area contributed by atoms with Gasteiger partial charge in [0.15, 0.2) is 0 Å². The summed E-state index contributed by atoms with van der Waals surface area (Å²) in [5.74, 6) is -0.378. The summed E-state index contributed by atoms with van der Waals surface area (Å²) in [5.41, 5.74) is 0. The number of alkyl halides is 1. The lowest BCUT2D eigenvalue weighted by Crippen LogP contribution is -2.45. The van der Waals surface area contributed by atoms with Crippen molar-refractivity contribution in [3.05, 3.63) is 0 Å². The molecular weight excluding hydrogens is 240 g/mol. The Morgan fingerprint density at radius 3 is 2.31 bits per heavy atom. The van der Waals surface area contributed by atoms with Gasteiger partial charge in [0.2, 0.25) is 0 Å². The molecule has 0 aliphatic heterocycles. The molecule has 78 valence electrons. The monoisotopic (exact) mass is 254 g/mol. The van der Waals surface area contributed by atoms with E-state index in [0.29, 0.717) is 6.61 Å². The molecule has 13 heavy (non-hydrogen) atoms. The molecule has 0 spiro atoms. The normalized spacial score (nSPS) is 17.6. The van der Waals surface area contributed by atoms with Crippen molar-refractivity contribution in [3.63, 3.8) is 0 Å². The quantitative estimate of drug-likeness (QED) is 0.542. The lowest BCUT2D eigenvalue weighted by Gasteiger charge is -2.27. The zero-order chi connectivity index (χ0) is 10.5. The highest BCUT2D eigenvalue weighted by atomic mass is 79.9. The molecule has 2 atom stereocenters. The second-order valence-electron chi connectivity index (χ2n) is 2.75. The number of carbonyl (C=O) groups excluding carboxylic acids is 1. The predicted octanol–water partition coefficient (Wildman–Crippen LogP) is 0.974. The lowest BCUT2D eigenvalue weighted by molar-refractivity contribution is -0.147. The fraction of sp³-hybridized carbons (Fsp3) is 0.875. The van der Waals surface area contributed by atoms with Gasteiger partial charge in [-0.15, -0.1) is 0 Å². The molecule has 0 amide bonds. The molecule has 0 N–H and O–H groups in total. The van der Waals surface area contributed by atoms with Gasteiger partial charge in [0.1, 0.15) is 10.4 Å². The fourth-order valence-electron chi connectivity index (χ4n) is 0.928. The van der Waals surface area contributed by atoms with Crippen molar-refractivity contribution in [1.29, 1.82) is 0 Å². The molecule has 0 aliphatic carbocycles. The highest BCUT2D eigenvalue weighted by Gasteiger charge is 2.40. The average molecular weight is 255 g/mol. The smallest absolute Gasteiger partial charge is 0.325 e. The van der Waals surface area contributed by atoms with Crippen LogP contribution in [-0.4, -0.2) is 44.3 Å². The Kier molecular flexibility index (Phi) is 5.51. The Morgan fingerprint density at radius 2 is 2.00 bits per heavy atom. The van der Waals surface area contributed by atoms with Crippen LogP contribution in [0.15, 0.2) is 0 Å². The molecule has 0 aliphatic rings. The Hall–Kier alpha value is -0.130. The zero-order valence-electron chi connectivity index (χ0n) is 8.30. The fourth-order valence-corrected chi connectivity index (χ4v) is 1.41. The van der Waals surface area contributed by atoms with Crippen molar-refractivity contribution in [3.8, 4) is 0 Å². The van der Waals surface area contributed by atoms with Crippen molar-refractivity contribution >= 4 is 21.9 Å². The van der Waals surface area contributed by atoms with Crippen molar-refractivity contribution in [2.24, 2.45) is 0 Å². The van der Waals surface area contributed by atoms with Crippen LogP contribution >= 0.6 is 15.9 Å². The van der Waals surface area contributed by atoms with Crippen LogP contribution in [0.25, 0.3) is 0 Å². The molecule has 5 heteroatoms. The Morgan fingerprint density at radius 1 is 1.46 bits per heavy atom. The van der Waals surface area contributed by atoms with Gasteiger partial charge in [0.25, 0.3) is 0 Å². The molecule has 0 bridgehead atoms. The molecule has 0 aromatic carbocycles. The van der Waals surface area contributed by atoms with Gasteiger partial charge in [0, 0.05) is 14.2 Å². The predicted molar refractivity (Wildman–Crippen MR) is 52.0 cm³/mol. The van der Waals surface area contributed by atoms with Crippen LogP contribution in [0.2, 0.25) is 0 Å². The SMILES string of the molecule is COCC(OC)C(C)(Br)C(=O)OC. The van der Waals surface area contributed by atoms with Gasteiger partial charge in [0.05, 0.1) is 13.7 Å². The van der Waals surface area contributed by atoms with E-state index in [2.05, 4.69) is 20.7 Å². The average Bonchev–Trinajstić information content (AvgIpc) is 2.12. The van der Waals surface area contributed by atoms with E-state index in [1.54, 1.807) is 14.0 Å². The Bertz CT molecular complexity index is 170. The minimum absolute atomic E-state index is 0.327. The molecule has 2 unspecified atom stereocenters. The van der Waals surface area contributed by atoms with Crippen LogP contribution in [0.3, 0.4) is 0 Å². The molecule has 0 heterocycles. The maximum absolute atomic E-state index is 11.3.